The molecule has 1 amide bonds. The Balaban J connectivity index is 2.25. The molecule has 1 fully saturated rings. The largest absolute Gasteiger partial charge is 0.365 e. The third-order valence-electron chi connectivity index (χ3n) is 3.20. The first kappa shape index (κ1) is 13.5. The lowest BCUT2D eigenvalue weighted by Gasteiger charge is -2.29. The fourth-order valence-electron chi connectivity index (χ4n) is 2.16. The van der Waals surface area contributed by atoms with Crippen molar-refractivity contribution in [2.75, 3.05) is 13.6 Å². The summed E-state index contributed by atoms with van der Waals surface area (Å²) in [5.41, 5.74) is 0. The van der Waals surface area contributed by atoms with E-state index in [-0.39, 0.29) is 18.1 Å². The first-order valence-corrected chi connectivity index (χ1v) is 6.27. The molecular formula is C12H24N2O2. The number of amides is 1. The number of carbonyl (C=O) groups is 1. The van der Waals surface area contributed by atoms with E-state index in [1.165, 1.54) is 0 Å². The zero-order chi connectivity index (χ0) is 12.0. The van der Waals surface area contributed by atoms with Gasteiger partial charge in [-0.1, -0.05) is 0 Å². The van der Waals surface area contributed by atoms with Gasteiger partial charge in [0.2, 0.25) is 5.91 Å². The first-order chi connectivity index (χ1) is 7.67. The molecule has 0 aromatic carbocycles. The molecule has 0 saturated heterocycles. The highest BCUT2D eigenvalue weighted by Crippen LogP contribution is 2.22. The molecule has 0 aromatic heterocycles. The summed E-state index contributed by atoms with van der Waals surface area (Å²) in [6, 6.07) is 0.625. The van der Waals surface area contributed by atoms with E-state index in [1.807, 2.05) is 20.9 Å². The Labute approximate surface area is 98.1 Å². The van der Waals surface area contributed by atoms with Crippen LogP contribution in [0.25, 0.3) is 0 Å². The Kier molecular flexibility index (Phi) is 5.77. The van der Waals surface area contributed by atoms with Gasteiger partial charge in [-0.05, 0) is 46.6 Å². The van der Waals surface area contributed by atoms with Crippen LogP contribution >= 0.6 is 0 Å². The van der Waals surface area contributed by atoms with Gasteiger partial charge in [0.25, 0.3) is 0 Å². The number of hydrogen-bond donors (Lipinski definition) is 2. The number of nitrogens with one attached hydrogen (secondary N) is 2. The monoisotopic (exact) mass is 228 g/mol. The minimum atomic E-state index is -0.323. The molecule has 4 heteroatoms. The van der Waals surface area contributed by atoms with E-state index in [9.17, 15) is 4.79 Å². The maximum Gasteiger partial charge on any atom is 0.248 e. The van der Waals surface area contributed by atoms with Gasteiger partial charge in [0.05, 0.1) is 6.10 Å². The zero-order valence-corrected chi connectivity index (χ0v) is 10.6. The molecule has 1 atom stereocenters. The minimum Gasteiger partial charge on any atom is -0.365 e. The van der Waals surface area contributed by atoms with Crippen molar-refractivity contribution in [2.24, 2.45) is 0 Å². The summed E-state index contributed by atoms with van der Waals surface area (Å²) < 4.78 is 5.76. The first-order valence-electron chi connectivity index (χ1n) is 6.27. The van der Waals surface area contributed by atoms with E-state index in [4.69, 9.17) is 4.74 Å². The van der Waals surface area contributed by atoms with E-state index in [2.05, 4.69) is 10.6 Å². The molecule has 0 radical (unpaired) electrons. The zero-order valence-electron chi connectivity index (χ0n) is 10.6. The molecular weight excluding hydrogens is 204 g/mol. The Morgan fingerprint density at radius 2 is 2.00 bits per heavy atom. The van der Waals surface area contributed by atoms with Crippen molar-refractivity contribution in [3.05, 3.63) is 0 Å². The number of hydrogen-bond acceptors (Lipinski definition) is 3. The van der Waals surface area contributed by atoms with Crippen LogP contribution in [0.15, 0.2) is 0 Å². The van der Waals surface area contributed by atoms with Gasteiger partial charge in [-0.15, -0.1) is 0 Å². The Bertz CT molecular complexity index is 213. The van der Waals surface area contributed by atoms with E-state index >= 15 is 0 Å². The van der Waals surface area contributed by atoms with E-state index in [1.54, 1.807) is 0 Å². The van der Waals surface area contributed by atoms with Gasteiger partial charge in [-0.2, -0.15) is 0 Å². The molecule has 0 bridgehead atoms. The minimum absolute atomic E-state index is 0.00163. The fourth-order valence-corrected chi connectivity index (χ4v) is 2.16. The van der Waals surface area contributed by atoms with Gasteiger partial charge in [0.15, 0.2) is 0 Å². The van der Waals surface area contributed by atoms with Gasteiger partial charge in [-0.25, -0.2) is 0 Å². The molecule has 1 saturated carbocycles. The quantitative estimate of drug-likeness (QED) is 0.739. The van der Waals surface area contributed by atoms with Crippen LogP contribution in [0.3, 0.4) is 0 Å². The van der Waals surface area contributed by atoms with Crippen LogP contribution in [0.1, 0.15) is 39.5 Å². The van der Waals surface area contributed by atoms with Gasteiger partial charge < -0.3 is 15.4 Å². The Morgan fingerprint density at radius 3 is 2.50 bits per heavy atom. The lowest BCUT2D eigenvalue weighted by atomic mass is 9.93. The Hall–Kier alpha value is -0.610. The van der Waals surface area contributed by atoms with Crippen LogP contribution in [-0.4, -0.2) is 37.7 Å². The maximum atomic E-state index is 11.5. The van der Waals surface area contributed by atoms with Crippen molar-refractivity contribution in [1.82, 2.24) is 10.6 Å². The van der Waals surface area contributed by atoms with Crippen molar-refractivity contribution in [3.8, 4) is 0 Å². The number of likely N-dealkylation sites (N-methyl/N-ethyl adjacent to an activating group) is 1. The normalized spacial score (nSPS) is 27.4. The second kappa shape index (κ2) is 6.86. The summed E-state index contributed by atoms with van der Waals surface area (Å²) in [5, 5.41) is 6.06. The van der Waals surface area contributed by atoms with E-state index in [0.717, 1.165) is 25.7 Å². The van der Waals surface area contributed by atoms with Gasteiger partial charge in [0, 0.05) is 12.6 Å². The summed E-state index contributed by atoms with van der Waals surface area (Å²) in [4.78, 5) is 11.5. The third-order valence-corrected chi connectivity index (χ3v) is 3.20. The van der Waals surface area contributed by atoms with Gasteiger partial charge in [0.1, 0.15) is 6.10 Å². The van der Waals surface area contributed by atoms with Crippen molar-refractivity contribution in [2.45, 2.75) is 57.8 Å². The molecule has 0 heterocycles. The van der Waals surface area contributed by atoms with Crippen LogP contribution in [0, 0.1) is 0 Å². The van der Waals surface area contributed by atoms with Crippen LogP contribution in [-0.2, 0) is 9.53 Å². The van der Waals surface area contributed by atoms with Crippen molar-refractivity contribution < 1.29 is 9.53 Å². The highest BCUT2D eigenvalue weighted by atomic mass is 16.5. The number of carbonyl (C=O) groups excluding carboxylic acids is 1. The molecule has 16 heavy (non-hydrogen) atoms. The topological polar surface area (TPSA) is 50.4 Å². The van der Waals surface area contributed by atoms with Crippen LogP contribution in [0.2, 0.25) is 0 Å². The SMILES string of the molecule is CCNC(=O)C(C)OC1CCC(NC)CC1. The highest BCUT2D eigenvalue weighted by molar-refractivity contribution is 5.80. The predicted octanol–water partition coefficient (Wildman–Crippen LogP) is 1.06. The van der Waals surface area contributed by atoms with Gasteiger partial charge in [-0.3, -0.25) is 4.79 Å². The fraction of sp³-hybridized carbons (Fsp3) is 0.917. The molecule has 0 aliphatic heterocycles. The smallest absolute Gasteiger partial charge is 0.248 e. The van der Waals surface area contributed by atoms with Gasteiger partial charge >= 0.3 is 0 Å². The molecule has 1 aliphatic carbocycles. The Morgan fingerprint density at radius 1 is 1.38 bits per heavy atom. The average molecular weight is 228 g/mol. The van der Waals surface area contributed by atoms with Crippen molar-refractivity contribution in [3.63, 3.8) is 0 Å². The average Bonchev–Trinajstić information content (AvgIpc) is 2.30. The number of rotatable bonds is 5. The summed E-state index contributed by atoms with van der Waals surface area (Å²) in [6.45, 7) is 4.41. The standard InChI is InChI=1S/C12H24N2O2/c1-4-14-12(15)9(2)16-11-7-5-10(13-3)6-8-11/h9-11,13H,4-8H2,1-3H3,(H,14,15). The maximum absolute atomic E-state index is 11.5. The lowest BCUT2D eigenvalue weighted by molar-refractivity contribution is -0.136. The van der Waals surface area contributed by atoms with Crippen LogP contribution < -0.4 is 10.6 Å². The molecule has 4 nitrogen and oxygen atoms in total. The molecule has 94 valence electrons. The number of ether oxygens (including phenoxy) is 1. The lowest BCUT2D eigenvalue weighted by Crippen LogP contribution is -2.39. The highest BCUT2D eigenvalue weighted by Gasteiger charge is 2.24. The molecule has 0 spiro atoms. The molecule has 2 N–H and O–H groups in total. The van der Waals surface area contributed by atoms with Crippen molar-refractivity contribution >= 4 is 5.91 Å². The van der Waals surface area contributed by atoms with Crippen molar-refractivity contribution in [1.29, 1.82) is 0 Å². The van der Waals surface area contributed by atoms with E-state index < -0.39 is 0 Å². The predicted molar refractivity (Wildman–Crippen MR) is 64.3 cm³/mol. The molecule has 1 rings (SSSR count). The second-order valence-electron chi connectivity index (χ2n) is 4.44. The third kappa shape index (κ3) is 4.10. The van der Waals surface area contributed by atoms with Crippen LogP contribution in [0.4, 0.5) is 0 Å². The van der Waals surface area contributed by atoms with Crippen LogP contribution in [0.5, 0.6) is 0 Å². The molecule has 0 aromatic rings. The summed E-state index contributed by atoms with van der Waals surface area (Å²) in [6.07, 6.45) is 4.31. The van der Waals surface area contributed by atoms with E-state index in [0.29, 0.717) is 12.6 Å². The summed E-state index contributed by atoms with van der Waals surface area (Å²) in [5.74, 6) is -0.00163. The molecule has 1 unspecified atom stereocenters. The second-order valence-corrected chi connectivity index (χ2v) is 4.44. The molecule has 1 aliphatic rings. The summed E-state index contributed by atoms with van der Waals surface area (Å²) >= 11 is 0. The summed E-state index contributed by atoms with van der Waals surface area (Å²) in [7, 11) is 2.00.